The number of hydrogen-bond donors (Lipinski definition) is 0. The van der Waals surface area contributed by atoms with Crippen molar-refractivity contribution >= 4 is 30.5 Å². The van der Waals surface area contributed by atoms with Crippen LogP contribution in [0.15, 0.2) is 42.1 Å². The number of aromatic nitrogens is 1. The maximum absolute atomic E-state index is 13.1. The summed E-state index contributed by atoms with van der Waals surface area (Å²) in [7, 11) is 0.658. The van der Waals surface area contributed by atoms with E-state index in [1.165, 1.54) is 58.9 Å². The fourth-order valence-corrected chi connectivity index (χ4v) is 4.09. The maximum Gasteiger partial charge on any atom is 1.00 e. The molecule has 34 heavy (non-hydrogen) atoms. The molecule has 0 radical (unpaired) electrons. The second-order valence-electron chi connectivity index (χ2n) is 6.85. The van der Waals surface area contributed by atoms with Crippen LogP contribution in [-0.2, 0) is 4.57 Å². The third-order valence-corrected chi connectivity index (χ3v) is 5.80. The Morgan fingerprint density at radius 3 is 2.00 bits per heavy atom. The summed E-state index contributed by atoms with van der Waals surface area (Å²) in [6.45, 7) is 1.59. The molecule has 0 saturated heterocycles. The Labute approximate surface area is 241 Å². The second-order valence-corrected chi connectivity index (χ2v) is 8.22. The monoisotopic (exact) mass is 505 g/mol. The number of Topliss-reactive ketones (excluding diaryl/α,β-unsaturated/α-hetero) is 1. The average Bonchev–Trinajstić information content (AvgIpc) is 3.15. The molecule has 170 valence electrons. The SMILES string of the molecule is COc1ccc2c(/C=C(\C)C(=O)c3cc(OC)c(OC)c(OC)c3)cn(P(=O)([O-])[O-])c2c1.[Na+].[Na+]. The molecule has 3 rings (SSSR count). The van der Waals surface area contributed by atoms with Gasteiger partial charge in [-0.15, -0.1) is 0 Å². The molecule has 0 aliphatic rings. The van der Waals surface area contributed by atoms with Crippen LogP contribution in [0, 0.1) is 0 Å². The van der Waals surface area contributed by atoms with Crippen molar-refractivity contribution in [3.63, 3.8) is 0 Å². The quantitative estimate of drug-likeness (QED) is 0.135. The molecular weight excluding hydrogens is 483 g/mol. The predicted octanol–water partition coefficient (Wildman–Crippen LogP) is -3.35. The number of carbonyl (C=O) groups excluding carboxylic acids is 1. The van der Waals surface area contributed by atoms with Crippen LogP contribution in [0.25, 0.3) is 17.0 Å². The largest absolute Gasteiger partial charge is 1.00 e. The molecule has 9 nitrogen and oxygen atoms in total. The molecule has 0 fully saturated rings. The van der Waals surface area contributed by atoms with Crippen LogP contribution < -0.4 is 87.8 Å². The summed E-state index contributed by atoms with van der Waals surface area (Å²) in [5.41, 5.74) is 1.16. The third-order valence-electron chi connectivity index (χ3n) is 4.95. The van der Waals surface area contributed by atoms with Gasteiger partial charge in [0.15, 0.2) is 17.3 Å². The third kappa shape index (κ3) is 6.29. The summed E-state index contributed by atoms with van der Waals surface area (Å²) >= 11 is 0. The summed E-state index contributed by atoms with van der Waals surface area (Å²) in [6.07, 6.45) is 2.71. The first-order valence-electron chi connectivity index (χ1n) is 9.39. The van der Waals surface area contributed by atoms with Gasteiger partial charge >= 0.3 is 59.1 Å². The Balaban J connectivity index is 0.00000289. The fraction of sp³-hybridized carbons (Fsp3) is 0.227. The number of ketones is 1. The summed E-state index contributed by atoms with van der Waals surface area (Å²) in [6, 6.07) is 7.77. The van der Waals surface area contributed by atoms with E-state index < -0.39 is 7.75 Å². The standard InChI is InChI=1S/C22H24NO8P.2Na/c1-13(21(24)14-9-19(29-3)22(31-5)20(10-14)30-4)8-15-12-23(32(25,26)27)18-11-16(28-2)6-7-17(15)18;;/h6-12H,1-5H3,(H2,25,26,27);;/q;2*+1/p-2/b13-8+;;. The number of carbonyl (C=O) groups is 1. The number of ether oxygens (including phenoxy) is 4. The van der Waals surface area contributed by atoms with Gasteiger partial charge in [0, 0.05) is 36.5 Å². The Bertz CT molecular complexity index is 1240. The second kappa shape index (κ2) is 12.6. The Morgan fingerprint density at radius 2 is 1.53 bits per heavy atom. The minimum Gasteiger partial charge on any atom is -0.795 e. The van der Waals surface area contributed by atoms with Crippen LogP contribution in [0.4, 0.5) is 0 Å². The Hall–Kier alpha value is -1.26. The van der Waals surface area contributed by atoms with Crippen molar-refractivity contribution in [3.05, 3.63) is 53.2 Å². The van der Waals surface area contributed by atoms with Gasteiger partial charge < -0.3 is 37.6 Å². The summed E-state index contributed by atoms with van der Waals surface area (Å²) < 4.78 is 33.4. The van der Waals surface area contributed by atoms with Gasteiger partial charge in [0.2, 0.25) is 5.75 Å². The van der Waals surface area contributed by atoms with Crippen LogP contribution >= 0.6 is 7.75 Å². The van der Waals surface area contributed by atoms with E-state index in [0.29, 0.717) is 43.9 Å². The van der Waals surface area contributed by atoms with Crippen LogP contribution in [-0.4, -0.2) is 38.6 Å². The summed E-state index contributed by atoms with van der Waals surface area (Å²) in [4.78, 5) is 36.6. The number of nitrogens with zero attached hydrogens (tertiary/aromatic N) is 1. The zero-order valence-corrected chi connectivity index (χ0v) is 25.1. The fourth-order valence-electron chi connectivity index (χ4n) is 3.40. The zero-order valence-electron chi connectivity index (χ0n) is 20.2. The maximum atomic E-state index is 13.1. The molecule has 0 N–H and O–H groups in total. The van der Waals surface area contributed by atoms with Gasteiger partial charge in [-0.3, -0.25) is 4.79 Å². The number of rotatable bonds is 8. The summed E-state index contributed by atoms with van der Waals surface area (Å²) in [5.74, 6) is 1.06. The van der Waals surface area contributed by atoms with E-state index >= 15 is 0 Å². The number of fused-ring (bicyclic) bond motifs is 1. The molecule has 0 aliphatic heterocycles. The number of benzene rings is 2. The molecule has 1 aromatic heterocycles. The van der Waals surface area contributed by atoms with Crippen molar-refractivity contribution in [1.82, 2.24) is 4.34 Å². The molecule has 1 heterocycles. The first-order chi connectivity index (χ1) is 15.1. The van der Waals surface area contributed by atoms with Gasteiger partial charge in [-0.05, 0) is 42.8 Å². The van der Waals surface area contributed by atoms with Gasteiger partial charge in [-0.2, -0.15) is 0 Å². The van der Waals surface area contributed by atoms with Gasteiger partial charge in [0.05, 0.1) is 34.0 Å². The first-order valence-corrected chi connectivity index (χ1v) is 10.9. The van der Waals surface area contributed by atoms with Gasteiger partial charge in [-0.1, -0.05) is 0 Å². The van der Waals surface area contributed by atoms with Crippen LogP contribution in [0.1, 0.15) is 22.8 Å². The van der Waals surface area contributed by atoms with E-state index in [-0.39, 0.29) is 76.0 Å². The van der Waals surface area contributed by atoms with Crippen LogP contribution in [0.2, 0.25) is 0 Å². The van der Waals surface area contributed by atoms with E-state index in [1.807, 2.05) is 0 Å². The molecule has 0 saturated carbocycles. The molecule has 0 bridgehead atoms. The molecule has 0 unspecified atom stereocenters. The smallest absolute Gasteiger partial charge is 0.795 e. The minimum atomic E-state index is -5.13. The molecule has 0 atom stereocenters. The van der Waals surface area contributed by atoms with E-state index in [4.69, 9.17) is 18.9 Å². The van der Waals surface area contributed by atoms with E-state index in [2.05, 4.69) is 0 Å². The van der Waals surface area contributed by atoms with Crippen molar-refractivity contribution in [2.24, 2.45) is 0 Å². The van der Waals surface area contributed by atoms with E-state index in [0.717, 1.165) is 0 Å². The van der Waals surface area contributed by atoms with Crippen molar-refractivity contribution in [1.29, 1.82) is 0 Å². The predicted molar refractivity (Wildman–Crippen MR) is 116 cm³/mol. The van der Waals surface area contributed by atoms with Gasteiger partial charge in [0.1, 0.15) is 5.75 Å². The number of allylic oxidation sites excluding steroid dienone is 1. The Kier molecular flexibility index (Phi) is 11.4. The number of hydrogen-bond acceptors (Lipinski definition) is 8. The number of methoxy groups -OCH3 is 4. The Morgan fingerprint density at radius 1 is 0.941 bits per heavy atom. The van der Waals surface area contributed by atoms with Crippen LogP contribution in [0.3, 0.4) is 0 Å². The molecule has 2 aromatic carbocycles. The topological polar surface area (TPSA) is 122 Å². The first kappa shape index (κ1) is 30.8. The molecule has 0 spiro atoms. The molecule has 0 aliphatic carbocycles. The molecule has 12 heteroatoms. The average molecular weight is 505 g/mol. The van der Waals surface area contributed by atoms with Crippen LogP contribution in [0.5, 0.6) is 23.0 Å². The molecular formula is C22H22NNa2O8P. The molecule has 3 aromatic rings. The van der Waals surface area contributed by atoms with Gasteiger partial charge in [0.25, 0.3) is 0 Å². The summed E-state index contributed by atoms with van der Waals surface area (Å²) in [5, 5.41) is 0.481. The minimum absolute atomic E-state index is 0. The van der Waals surface area contributed by atoms with Gasteiger partial charge in [-0.25, -0.2) is 0 Å². The van der Waals surface area contributed by atoms with E-state index in [1.54, 1.807) is 19.1 Å². The van der Waals surface area contributed by atoms with Crippen molar-refractivity contribution < 1.29 is 97.2 Å². The van der Waals surface area contributed by atoms with Crippen molar-refractivity contribution in [2.75, 3.05) is 28.4 Å². The molecule has 0 amide bonds. The van der Waals surface area contributed by atoms with Crippen molar-refractivity contribution in [3.8, 4) is 23.0 Å². The zero-order chi connectivity index (χ0) is 23.6. The van der Waals surface area contributed by atoms with E-state index in [9.17, 15) is 19.1 Å². The normalized spacial score (nSPS) is 11.3. The van der Waals surface area contributed by atoms with Crippen molar-refractivity contribution in [2.45, 2.75) is 6.92 Å².